The minimum absolute atomic E-state index is 0.601. The molecule has 7 rings (SSSR count). The van der Waals surface area contributed by atoms with Crippen molar-refractivity contribution >= 4 is 52.1 Å². The van der Waals surface area contributed by atoms with Crippen LogP contribution in [-0.4, -0.2) is 19.9 Å². The van der Waals surface area contributed by atoms with Crippen molar-refractivity contribution in [2.24, 2.45) is 0 Å². The third-order valence-electron chi connectivity index (χ3n) is 7.45. The monoisotopic (exact) mass is 505 g/mol. The van der Waals surface area contributed by atoms with Gasteiger partial charge in [-0.25, -0.2) is 9.97 Å². The van der Waals surface area contributed by atoms with Crippen LogP contribution in [0.3, 0.4) is 0 Å². The van der Waals surface area contributed by atoms with Crippen LogP contribution in [0, 0.1) is 13.8 Å². The maximum absolute atomic E-state index is 6.73. The first-order chi connectivity index (χ1) is 19.0. The van der Waals surface area contributed by atoms with E-state index in [9.17, 15) is 0 Å². The Morgan fingerprint density at radius 2 is 1.13 bits per heavy atom. The molecule has 0 aliphatic carbocycles. The van der Waals surface area contributed by atoms with Gasteiger partial charge in [-0.15, -0.1) is 0 Å². The van der Waals surface area contributed by atoms with Crippen LogP contribution in [0.4, 0.5) is 5.69 Å². The molecule has 0 fully saturated rings. The molecule has 4 N–H and O–H groups in total. The Hall–Kier alpha value is -5.16. The maximum Gasteiger partial charge on any atom is 0.0888 e. The number of nitrogen functional groups attached to an aromatic ring is 1. The van der Waals surface area contributed by atoms with Gasteiger partial charge >= 0.3 is 0 Å². The number of rotatable bonds is 2. The summed E-state index contributed by atoms with van der Waals surface area (Å²) in [6, 6.07) is 27.1. The molecule has 0 saturated heterocycles. The lowest BCUT2D eigenvalue weighted by atomic mass is 9.99. The van der Waals surface area contributed by atoms with Gasteiger partial charge in [0, 0.05) is 27.7 Å². The average Bonchev–Trinajstić information content (AvgIpc) is 3.75. The molecule has 188 valence electrons. The lowest BCUT2D eigenvalue weighted by Gasteiger charge is -2.07. The van der Waals surface area contributed by atoms with Crippen molar-refractivity contribution in [1.82, 2.24) is 19.9 Å². The molecule has 0 saturated carbocycles. The summed E-state index contributed by atoms with van der Waals surface area (Å²) in [6.45, 7) is 4.25. The molecule has 0 unspecified atom stereocenters. The van der Waals surface area contributed by atoms with E-state index in [4.69, 9.17) is 15.7 Å². The van der Waals surface area contributed by atoms with Crippen molar-refractivity contribution < 1.29 is 0 Å². The molecule has 8 bridgehead atoms. The van der Waals surface area contributed by atoms with Gasteiger partial charge in [-0.2, -0.15) is 0 Å². The fourth-order valence-corrected chi connectivity index (χ4v) is 5.44. The Labute approximate surface area is 226 Å². The van der Waals surface area contributed by atoms with E-state index in [0.29, 0.717) is 5.69 Å². The Balaban J connectivity index is 1.62. The van der Waals surface area contributed by atoms with Gasteiger partial charge in [0.1, 0.15) is 0 Å². The van der Waals surface area contributed by atoms with Crippen molar-refractivity contribution in [2.45, 2.75) is 13.8 Å². The molecule has 5 aromatic rings. The van der Waals surface area contributed by atoms with E-state index in [-0.39, 0.29) is 0 Å². The van der Waals surface area contributed by atoms with Gasteiger partial charge in [0.2, 0.25) is 0 Å². The van der Waals surface area contributed by atoms with E-state index in [1.807, 2.05) is 18.2 Å². The van der Waals surface area contributed by atoms with Crippen LogP contribution in [0.1, 0.15) is 33.9 Å². The minimum atomic E-state index is 0.601. The number of H-pyrrole nitrogens is 2. The fraction of sp³-hybridized carbons (Fsp3) is 0.0588. The quantitative estimate of drug-likeness (QED) is 0.221. The number of anilines is 1. The third-order valence-corrected chi connectivity index (χ3v) is 7.45. The molecule has 0 atom stereocenters. The first-order valence-corrected chi connectivity index (χ1v) is 13.1. The van der Waals surface area contributed by atoms with Crippen LogP contribution in [0.15, 0.2) is 78.9 Å². The second kappa shape index (κ2) is 8.99. The van der Waals surface area contributed by atoms with Gasteiger partial charge in [-0.1, -0.05) is 48.5 Å². The summed E-state index contributed by atoms with van der Waals surface area (Å²) in [5.74, 6) is 0. The van der Waals surface area contributed by atoms with E-state index in [1.165, 1.54) is 11.1 Å². The number of nitrogens with two attached hydrogens (primary N) is 1. The lowest BCUT2D eigenvalue weighted by molar-refractivity contribution is 1.30. The molecule has 2 aliphatic heterocycles. The number of nitrogens with zero attached hydrogens (tertiary/aromatic N) is 2. The molecule has 2 aliphatic rings. The van der Waals surface area contributed by atoms with Crippen molar-refractivity contribution in [2.75, 3.05) is 5.73 Å². The topological polar surface area (TPSA) is 83.4 Å². The van der Waals surface area contributed by atoms with Gasteiger partial charge < -0.3 is 15.7 Å². The highest BCUT2D eigenvalue weighted by Crippen LogP contribution is 2.35. The largest absolute Gasteiger partial charge is 0.395 e. The van der Waals surface area contributed by atoms with Crippen LogP contribution in [0.2, 0.25) is 0 Å². The van der Waals surface area contributed by atoms with E-state index in [1.54, 1.807) is 0 Å². The SMILES string of the molecule is Cc1ccccc1-c1c2nc(c(N)c3ccc([nH]3)c(-c3ccccc3C)c3nc(cc4ccc1[nH]4)C=C3)C=C2. The molecular weight excluding hydrogens is 478 g/mol. The number of fused-ring (bicyclic) bond motifs is 8. The normalized spacial score (nSPS) is 12.3. The summed E-state index contributed by atoms with van der Waals surface area (Å²) < 4.78 is 0. The zero-order valence-corrected chi connectivity index (χ0v) is 21.8. The standard InChI is InChI=1S/C34H27N5/c1-20-7-3-5-9-24(20)32-26-13-11-22(36-26)19-23-12-14-27(37-23)33(25-10-6-4-8-21(25)2)29-16-18-31(39-29)34(35)30-17-15-28(32)38-30/h3-19,36,39H,35H2,1-2H3. The van der Waals surface area contributed by atoms with Crippen LogP contribution >= 0.6 is 0 Å². The zero-order chi connectivity index (χ0) is 26.5. The van der Waals surface area contributed by atoms with Gasteiger partial charge in [0.05, 0.1) is 34.0 Å². The third kappa shape index (κ3) is 3.96. The molecule has 0 spiro atoms. The van der Waals surface area contributed by atoms with E-state index in [2.05, 4.69) is 109 Å². The molecule has 0 amide bonds. The Kier molecular flexibility index (Phi) is 5.30. The number of aryl methyl sites for hydroxylation is 2. The molecule has 5 heteroatoms. The van der Waals surface area contributed by atoms with Crippen LogP contribution in [0.25, 0.3) is 68.6 Å². The molecule has 5 heterocycles. The summed E-state index contributed by atoms with van der Waals surface area (Å²) in [5, 5.41) is 0. The molecule has 5 nitrogen and oxygen atoms in total. The van der Waals surface area contributed by atoms with Gasteiger partial charge in [-0.3, -0.25) is 0 Å². The molecule has 39 heavy (non-hydrogen) atoms. The highest BCUT2D eigenvalue weighted by Gasteiger charge is 2.16. The highest BCUT2D eigenvalue weighted by molar-refractivity contribution is 5.96. The minimum Gasteiger partial charge on any atom is -0.395 e. The van der Waals surface area contributed by atoms with Gasteiger partial charge in [-0.05, 0) is 90.7 Å². The summed E-state index contributed by atoms with van der Waals surface area (Å²) in [7, 11) is 0. The summed E-state index contributed by atoms with van der Waals surface area (Å²) in [5.41, 5.74) is 21.2. The smallest absolute Gasteiger partial charge is 0.0888 e. The predicted molar refractivity (Wildman–Crippen MR) is 164 cm³/mol. The number of nitrogens with one attached hydrogen (secondary N) is 2. The van der Waals surface area contributed by atoms with Gasteiger partial charge in [0.15, 0.2) is 0 Å². The number of aromatic amines is 2. The second-order valence-electron chi connectivity index (χ2n) is 10.0. The molecule has 0 radical (unpaired) electrons. The van der Waals surface area contributed by atoms with Crippen molar-refractivity contribution in [3.8, 4) is 22.3 Å². The second-order valence-corrected chi connectivity index (χ2v) is 10.0. The number of aromatic nitrogens is 4. The van der Waals surface area contributed by atoms with Crippen LogP contribution in [0.5, 0.6) is 0 Å². The lowest BCUT2D eigenvalue weighted by Crippen LogP contribution is -1.92. The summed E-state index contributed by atoms with van der Waals surface area (Å²) in [4.78, 5) is 17.2. The van der Waals surface area contributed by atoms with Crippen LogP contribution in [-0.2, 0) is 0 Å². The maximum atomic E-state index is 6.73. The van der Waals surface area contributed by atoms with Crippen LogP contribution < -0.4 is 5.73 Å². The van der Waals surface area contributed by atoms with Crippen molar-refractivity contribution in [3.63, 3.8) is 0 Å². The van der Waals surface area contributed by atoms with Crippen molar-refractivity contribution in [1.29, 1.82) is 0 Å². The van der Waals surface area contributed by atoms with E-state index < -0.39 is 0 Å². The van der Waals surface area contributed by atoms with Crippen molar-refractivity contribution in [3.05, 3.63) is 113 Å². The Morgan fingerprint density at radius 1 is 0.564 bits per heavy atom. The zero-order valence-electron chi connectivity index (χ0n) is 21.8. The number of hydrogen-bond donors (Lipinski definition) is 3. The molecule has 3 aromatic heterocycles. The van der Waals surface area contributed by atoms with Gasteiger partial charge in [0.25, 0.3) is 0 Å². The summed E-state index contributed by atoms with van der Waals surface area (Å²) >= 11 is 0. The first kappa shape index (κ1) is 23.0. The molecular formula is C34H27N5. The Bertz CT molecular complexity index is 1960. The summed E-state index contributed by atoms with van der Waals surface area (Å²) in [6.07, 6.45) is 8.19. The fourth-order valence-electron chi connectivity index (χ4n) is 5.44. The van der Waals surface area contributed by atoms with E-state index in [0.717, 1.165) is 67.1 Å². The Morgan fingerprint density at radius 3 is 1.85 bits per heavy atom. The highest BCUT2D eigenvalue weighted by atomic mass is 14.8. The predicted octanol–water partition coefficient (Wildman–Crippen LogP) is 8.19. The molecule has 2 aromatic carbocycles. The first-order valence-electron chi connectivity index (χ1n) is 13.1. The average molecular weight is 506 g/mol. The van der Waals surface area contributed by atoms with E-state index >= 15 is 0 Å². The number of benzene rings is 2. The number of hydrogen-bond acceptors (Lipinski definition) is 3.